The number of hydrogen-bond donors (Lipinski definition) is 0. The SMILES string of the molecule is COC(=O)C(C)(C)Cc1ccc(C#CSI)nc1. The average Bonchev–Trinajstić information content (AvgIpc) is 2.36. The van der Waals surface area contributed by atoms with Crippen LogP contribution in [-0.2, 0) is 16.0 Å². The molecular weight excluding hydrogens is 361 g/mol. The summed E-state index contributed by atoms with van der Waals surface area (Å²) in [5, 5.41) is 2.88. The molecule has 0 N–H and O–H groups in total. The van der Waals surface area contributed by atoms with Crippen LogP contribution in [0.3, 0.4) is 0 Å². The Morgan fingerprint density at radius 1 is 1.56 bits per heavy atom. The van der Waals surface area contributed by atoms with Gasteiger partial charge in [0.05, 0.1) is 12.5 Å². The maximum atomic E-state index is 11.6. The number of hydrogen-bond acceptors (Lipinski definition) is 4. The summed E-state index contributed by atoms with van der Waals surface area (Å²) < 4.78 is 4.78. The summed E-state index contributed by atoms with van der Waals surface area (Å²) >= 11 is 2.11. The van der Waals surface area contributed by atoms with Crippen molar-refractivity contribution < 1.29 is 9.53 Å². The summed E-state index contributed by atoms with van der Waals surface area (Å²) in [5.41, 5.74) is 1.19. The van der Waals surface area contributed by atoms with Gasteiger partial charge in [-0.2, -0.15) is 0 Å². The molecule has 1 rings (SSSR count). The number of carbonyl (C=O) groups is 1. The molecule has 0 saturated heterocycles. The fourth-order valence-electron chi connectivity index (χ4n) is 1.53. The zero-order chi connectivity index (χ0) is 13.6. The van der Waals surface area contributed by atoms with Gasteiger partial charge in [-0.3, -0.25) is 4.79 Å². The van der Waals surface area contributed by atoms with E-state index in [1.54, 1.807) is 6.20 Å². The van der Waals surface area contributed by atoms with Crippen molar-refractivity contribution in [2.75, 3.05) is 7.11 Å². The Kier molecular flexibility index (Phi) is 5.96. The van der Waals surface area contributed by atoms with Crippen molar-refractivity contribution >= 4 is 36.1 Å². The van der Waals surface area contributed by atoms with Gasteiger partial charge in [0, 0.05) is 27.4 Å². The highest BCUT2D eigenvalue weighted by molar-refractivity contribution is 14.2. The third-order valence-corrected chi connectivity index (χ3v) is 3.27. The standard InChI is InChI=1S/C13H14INO2S/c1-13(2,12(16)17-3)8-10-4-5-11(15-9-10)6-7-18-14/h4-5,9H,8H2,1-3H3. The number of carbonyl (C=O) groups excluding carboxylic acids is 1. The molecule has 0 fully saturated rings. The molecule has 0 aromatic carbocycles. The molecule has 0 aliphatic carbocycles. The molecule has 0 spiro atoms. The van der Waals surface area contributed by atoms with Gasteiger partial charge >= 0.3 is 5.97 Å². The van der Waals surface area contributed by atoms with Crippen molar-refractivity contribution in [3.63, 3.8) is 0 Å². The van der Waals surface area contributed by atoms with E-state index in [-0.39, 0.29) is 5.97 Å². The first kappa shape index (κ1) is 15.3. The van der Waals surface area contributed by atoms with Gasteiger partial charge in [0.15, 0.2) is 0 Å². The molecule has 1 heterocycles. The normalized spacial score (nSPS) is 10.4. The molecule has 0 amide bonds. The number of methoxy groups -OCH3 is 1. The van der Waals surface area contributed by atoms with Crippen LogP contribution in [0, 0.1) is 16.6 Å². The first-order valence-corrected chi connectivity index (χ1v) is 8.67. The molecule has 1 aromatic heterocycles. The van der Waals surface area contributed by atoms with E-state index in [0.29, 0.717) is 6.42 Å². The van der Waals surface area contributed by atoms with E-state index >= 15 is 0 Å². The number of aromatic nitrogens is 1. The Morgan fingerprint density at radius 3 is 2.78 bits per heavy atom. The molecule has 5 heteroatoms. The largest absolute Gasteiger partial charge is 0.469 e. The molecule has 0 radical (unpaired) electrons. The number of esters is 1. The van der Waals surface area contributed by atoms with Crippen LogP contribution in [0.15, 0.2) is 18.3 Å². The topological polar surface area (TPSA) is 39.2 Å². The molecule has 0 bridgehead atoms. The molecule has 0 aliphatic rings. The second-order valence-corrected chi connectivity index (χ2v) is 6.09. The number of ether oxygens (including phenoxy) is 1. The van der Waals surface area contributed by atoms with Gasteiger partial charge in [0.1, 0.15) is 5.69 Å². The third-order valence-electron chi connectivity index (χ3n) is 2.43. The predicted octanol–water partition coefficient (Wildman–Crippen LogP) is 3.22. The molecule has 18 heavy (non-hydrogen) atoms. The highest BCUT2D eigenvalue weighted by Gasteiger charge is 2.28. The Morgan fingerprint density at radius 2 is 2.28 bits per heavy atom. The first-order chi connectivity index (χ1) is 8.49. The van der Waals surface area contributed by atoms with Gasteiger partial charge in [0.25, 0.3) is 0 Å². The summed E-state index contributed by atoms with van der Waals surface area (Å²) in [4.78, 5) is 15.8. The quantitative estimate of drug-likeness (QED) is 0.462. The molecule has 1 aromatic rings. The summed E-state index contributed by atoms with van der Waals surface area (Å²) in [6.07, 6.45) is 2.36. The number of pyridine rings is 1. The molecular formula is C13H14INO2S. The van der Waals surface area contributed by atoms with Gasteiger partial charge in [-0.15, -0.1) is 0 Å². The lowest BCUT2D eigenvalue weighted by atomic mass is 9.86. The van der Waals surface area contributed by atoms with E-state index < -0.39 is 5.41 Å². The van der Waals surface area contributed by atoms with Crippen LogP contribution < -0.4 is 0 Å². The van der Waals surface area contributed by atoms with Gasteiger partial charge in [0.2, 0.25) is 0 Å². The van der Waals surface area contributed by atoms with E-state index in [2.05, 4.69) is 37.4 Å². The Hall–Kier alpha value is -0.740. The van der Waals surface area contributed by atoms with E-state index in [4.69, 9.17) is 4.74 Å². The van der Waals surface area contributed by atoms with Gasteiger partial charge in [-0.1, -0.05) is 6.07 Å². The number of rotatable bonds is 3. The van der Waals surface area contributed by atoms with Gasteiger partial charge in [-0.05, 0) is 52.0 Å². The zero-order valence-corrected chi connectivity index (χ0v) is 13.5. The van der Waals surface area contributed by atoms with Crippen LogP contribution in [-0.4, -0.2) is 18.1 Å². The minimum absolute atomic E-state index is 0.215. The monoisotopic (exact) mass is 375 g/mol. The van der Waals surface area contributed by atoms with E-state index in [1.165, 1.54) is 16.0 Å². The first-order valence-electron chi connectivity index (χ1n) is 5.31. The van der Waals surface area contributed by atoms with Crippen molar-refractivity contribution in [2.45, 2.75) is 20.3 Å². The van der Waals surface area contributed by atoms with Crippen molar-refractivity contribution in [3.05, 3.63) is 29.6 Å². The summed E-state index contributed by atoms with van der Waals surface area (Å²) in [6.45, 7) is 3.72. The fraction of sp³-hybridized carbons (Fsp3) is 0.385. The van der Waals surface area contributed by atoms with Gasteiger partial charge in [-0.25, -0.2) is 4.98 Å². The lowest BCUT2D eigenvalue weighted by Crippen LogP contribution is -2.28. The van der Waals surface area contributed by atoms with Crippen LogP contribution in [0.2, 0.25) is 0 Å². The second kappa shape index (κ2) is 7.00. The molecule has 0 aliphatic heterocycles. The predicted molar refractivity (Wildman–Crippen MR) is 82.2 cm³/mol. The second-order valence-electron chi connectivity index (χ2n) is 4.41. The Labute approximate surface area is 124 Å². The zero-order valence-electron chi connectivity index (χ0n) is 10.5. The molecule has 0 atom stereocenters. The minimum Gasteiger partial charge on any atom is -0.469 e. The van der Waals surface area contributed by atoms with Crippen LogP contribution >= 0.6 is 30.1 Å². The maximum Gasteiger partial charge on any atom is 0.311 e. The molecule has 96 valence electrons. The Bertz CT molecular complexity index is 474. The minimum atomic E-state index is -0.540. The fourth-order valence-corrected chi connectivity index (χ4v) is 2.01. The average molecular weight is 375 g/mol. The van der Waals surface area contributed by atoms with Crippen LogP contribution in [0.5, 0.6) is 0 Å². The third kappa shape index (κ3) is 4.50. The lowest BCUT2D eigenvalue weighted by Gasteiger charge is -2.21. The van der Waals surface area contributed by atoms with E-state index in [0.717, 1.165) is 11.3 Å². The summed E-state index contributed by atoms with van der Waals surface area (Å²) in [7, 11) is 2.83. The van der Waals surface area contributed by atoms with Crippen molar-refractivity contribution in [1.29, 1.82) is 0 Å². The van der Waals surface area contributed by atoms with Crippen molar-refractivity contribution in [1.82, 2.24) is 4.98 Å². The highest BCUT2D eigenvalue weighted by atomic mass is 127. The highest BCUT2D eigenvalue weighted by Crippen LogP contribution is 2.23. The van der Waals surface area contributed by atoms with Crippen molar-refractivity contribution in [3.8, 4) is 11.2 Å². The van der Waals surface area contributed by atoms with Gasteiger partial charge < -0.3 is 4.74 Å². The molecule has 0 unspecified atom stereocenters. The van der Waals surface area contributed by atoms with E-state index in [9.17, 15) is 4.79 Å². The van der Waals surface area contributed by atoms with Crippen LogP contribution in [0.1, 0.15) is 25.1 Å². The smallest absolute Gasteiger partial charge is 0.311 e. The number of halogens is 1. The maximum absolute atomic E-state index is 11.6. The Balaban J connectivity index is 2.78. The summed E-state index contributed by atoms with van der Waals surface area (Å²) in [6, 6.07) is 3.81. The molecule has 0 saturated carbocycles. The van der Waals surface area contributed by atoms with Crippen LogP contribution in [0.25, 0.3) is 0 Å². The van der Waals surface area contributed by atoms with Crippen molar-refractivity contribution in [2.24, 2.45) is 5.41 Å². The summed E-state index contributed by atoms with van der Waals surface area (Å²) in [5.74, 6) is 2.71. The lowest BCUT2D eigenvalue weighted by molar-refractivity contribution is -0.150. The van der Waals surface area contributed by atoms with Crippen LogP contribution in [0.4, 0.5) is 0 Å². The number of nitrogens with zero attached hydrogens (tertiary/aromatic N) is 1. The molecule has 3 nitrogen and oxygen atoms in total. The van der Waals surface area contributed by atoms with E-state index in [1.807, 2.05) is 26.0 Å².